The first-order chi connectivity index (χ1) is 6.88. The van der Waals surface area contributed by atoms with E-state index in [0.29, 0.717) is 11.8 Å². The van der Waals surface area contributed by atoms with Gasteiger partial charge in [-0.2, -0.15) is 0 Å². The molecular formula is C12H13NO. The molecule has 1 saturated carbocycles. The molecule has 1 aliphatic carbocycles. The smallest absolute Gasteiger partial charge is 0.134 e. The van der Waals surface area contributed by atoms with Crippen LogP contribution in [0.1, 0.15) is 18.1 Å². The van der Waals surface area contributed by atoms with Crippen LogP contribution in [-0.4, -0.2) is 6.54 Å². The van der Waals surface area contributed by atoms with Crippen LogP contribution < -0.4 is 5.73 Å². The maximum atomic E-state index is 5.77. The zero-order chi connectivity index (χ0) is 9.54. The molecule has 2 nitrogen and oxygen atoms in total. The summed E-state index contributed by atoms with van der Waals surface area (Å²) >= 11 is 0. The predicted molar refractivity (Wildman–Crippen MR) is 56.1 cm³/mol. The molecule has 2 atom stereocenters. The van der Waals surface area contributed by atoms with Crippen LogP contribution in [-0.2, 0) is 0 Å². The van der Waals surface area contributed by atoms with Gasteiger partial charge in [-0.1, -0.05) is 18.2 Å². The molecule has 1 aromatic carbocycles. The summed E-state index contributed by atoms with van der Waals surface area (Å²) < 4.78 is 5.77. The molecule has 0 spiro atoms. The molecular weight excluding hydrogens is 174 g/mol. The molecule has 0 bridgehead atoms. The molecule has 1 fully saturated rings. The van der Waals surface area contributed by atoms with E-state index >= 15 is 0 Å². The summed E-state index contributed by atoms with van der Waals surface area (Å²) in [4.78, 5) is 0. The van der Waals surface area contributed by atoms with E-state index in [1.54, 1.807) is 0 Å². The second-order valence-electron chi connectivity index (χ2n) is 4.02. The van der Waals surface area contributed by atoms with Gasteiger partial charge in [0.25, 0.3) is 0 Å². The van der Waals surface area contributed by atoms with Gasteiger partial charge in [0.1, 0.15) is 11.3 Å². The van der Waals surface area contributed by atoms with Gasteiger partial charge in [-0.05, 0) is 31.0 Å². The van der Waals surface area contributed by atoms with Crippen molar-refractivity contribution in [2.75, 3.05) is 6.54 Å². The first-order valence-electron chi connectivity index (χ1n) is 5.07. The van der Waals surface area contributed by atoms with Crippen molar-refractivity contribution in [3.63, 3.8) is 0 Å². The van der Waals surface area contributed by atoms with E-state index in [4.69, 9.17) is 10.2 Å². The lowest BCUT2D eigenvalue weighted by atomic mass is 10.2. The molecule has 1 heterocycles. The lowest BCUT2D eigenvalue weighted by Crippen LogP contribution is -2.01. The van der Waals surface area contributed by atoms with Gasteiger partial charge in [0.15, 0.2) is 0 Å². The van der Waals surface area contributed by atoms with Crippen LogP contribution in [0.2, 0.25) is 0 Å². The molecule has 0 radical (unpaired) electrons. The van der Waals surface area contributed by atoms with Crippen molar-refractivity contribution >= 4 is 11.0 Å². The predicted octanol–water partition coefficient (Wildman–Crippen LogP) is 2.50. The maximum absolute atomic E-state index is 5.77. The highest BCUT2D eigenvalue weighted by Crippen LogP contribution is 2.47. The number of fused-ring (bicyclic) bond motifs is 1. The largest absolute Gasteiger partial charge is 0.461 e. The minimum Gasteiger partial charge on any atom is -0.461 e. The van der Waals surface area contributed by atoms with E-state index in [1.807, 2.05) is 18.2 Å². The Kier molecular flexibility index (Phi) is 1.64. The first kappa shape index (κ1) is 8.06. The van der Waals surface area contributed by atoms with Crippen molar-refractivity contribution in [1.82, 2.24) is 0 Å². The van der Waals surface area contributed by atoms with Crippen molar-refractivity contribution in [2.45, 2.75) is 12.3 Å². The number of para-hydroxylation sites is 1. The van der Waals surface area contributed by atoms with Crippen molar-refractivity contribution in [2.24, 2.45) is 11.7 Å². The first-order valence-corrected chi connectivity index (χ1v) is 5.07. The lowest BCUT2D eigenvalue weighted by Gasteiger charge is -1.90. The van der Waals surface area contributed by atoms with Crippen LogP contribution in [0.3, 0.4) is 0 Å². The van der Waals surface area contributed by atoms with Gasteiger partial charge in [-0.15, -0.1) is 0 Å². The van der Waals surface area contributed by atoms with E-state index in [9.17, 15) is 0 Å². The number of rotatable bonds is 2. The average Bonchev–Trinajstić information content (AvgIpc) is 2.89. The molecule has 1 aliphatic rings. The van der Waals surface area contributed by atoms with E-state index in [2.05, 4.69) is 12.1 Å². The summed E-state index contributed by atoms with van der Waals surface area (Å²) in [5.41, 5.74) is 6.61. The zero-order valence-electron chi connectivity index (χ0n) is 7.94. The van der Waals surface area contributed by atoms with Crippen LogP contribution in [0.15, 0.2) is 34.7 Å². The average molecular weight is 187 g/mol. The standard InChI is InChI=1S/C12H13NO/c13-7-9-5-10(9)12-6-8-3-1-2-4-11(8)14-12/h1-4,6,9-10H,5,7,13H2. The highest BCUT2D eigenvalue weighted by atomic mass is 16.3. The number of hydrogen-bond donors (Lipinski definition) is 1. The third-order valence-corrected chi connectivity index (χ3v) is 3.04. The Bertz CT molecular complexity index is 427. The molecule has 72 valence electrons. The monoisotopic (exact) mass is 187 g/mol. The van der Waals surface area contributed by atoms with Gasteiger partial charge >= 0.3 is 0 Å². The van der Waals surface area contributed by atoms with Crippen molar-refractivity contribution < 1.29 is 4.42 Å². The Hall–Kier alpha value is -1.28. The molecule has 2 N–H and O–H groups in total. The fourth-order valence-electron chi connectivity index (χ4n) is 2.04. The topological polar surface area (TPSA) is 39.2 Å². The normalized spacial score (nSPS) is 25.5. The Morgan fingerprint density at radius 3 is 2.93 bits per heavy atom. The third kappa shape index (κ3) is 1.15. The lowest BCUT2D eigenvalue weighted by molar-refractivity contribution is 0.541. The molecule has 3 rings (SSSR count). The van der Waals surface area contributed by atoms with E-state index < -0.39 is 0 Å². The second kappa shape index (κ2) is 2.85. The molecule has 0 saturated heterocycles. The van der Waals surface area contributed by atoms with Crippen LogP contribution in [0.5, 0.6) is 0 Å². The van der Waals surface area contributed by atoms with Crippen LogP contribution in [0.25, 0.3) is 11.0 Å². The van der Waals surface area contributed by atoms with Gasteiger partial charge in [-0.25, -0.2) is 0 Å². The second-order valence-corrected chi connectivity index (χ2v) is 4.02. The molecule has 0 aliphatic heterocycles. The zero-order valence-corrected chi connectivity index (χ0v) is 7.94. The third-order valence-electron chi connectivity index (χ3n) is 3.04. The maximum Gasteiger partial charge on any atom is 0.134 e. The molecule has 2 aromatic rings. The van der Waals surface area contributed by atoms with Crippen LogP contribution in [0.4, 0.5) is 0 Å². The quantitative estimate of drug-likeness (QED) is 0.784. The Morgan fingerprint density at radius 1 is 1.36 bits per heavy atom. The Balaban J connectivity index is 1.99. The van der Waals surface area contributed by atoms with Crippen LogP contribution >= 0.6 is 0 Å². The minimum atomic E-state index is 0.576. The van der Waals surface area contributed by atoms with E-state index in [1.165, 1.54) is 11.8 Å². The highest BCUT2D eigenvalue weighted by Gasteiger charge is 2.39. The minimum absolute atomic E-state index is 0.576. The van der Waals surface area contributed by atoms with Crippen molar-refractivity contribution in [1.29, 1.82) is 0 Å². The summed E-state index contributed by atoms with van der Waals surface area (Å²) in [6.45, 7) is 0.779. The van der Waals surface area contributed by atoms with Crippen molar-refractivity contribution in [3.8, 4) is 0 Å². The highest BCUT2D eigenvalue weighted by molar-refractivity contribution is 5.77. The van der Waals surface area contributed by atoms with Gasteiger partial charge in [0.2, 0.25) is 0 Å². The Labute approximate surface area is 82.7 Å². The molecule has 1 aromatic heterocycles. The van der Waals surface area contributed by atoms with Gasteiger partial charge in [-0.3, -0.25) is 0 Å². The summed E-state index contributed by atoms with van der Waals surface area (Å²) in [6, 6.07) is 10.3. The number of benzene rings is 1. The van der Waals surface area contributed by atoms with Crippen LogP contribution in [0, 0.1) is 5.92 Å². The SMILES string of the molecule is NCC1CC1c1cc2ccccc2o1. The number of nitrogens with two attached hydrogens (primary N) is 1. The van der Waals surface area contributed by atoms with E-state index in [-0.39, 0.29) is 0 Å². The number of hydrogen-bond acceptors (Lipinski definition) is 2. The number of furan rings is 1. The molecule has 0 amide bonds. The van der Waals surface area contributed by atoms with Gasteiger partial charge in [0.05, 0.1) is 0 Å². The fraction of sp³-hybridized carbons (Fsp3) is 0.333. The van der Waals surface area contributed by atoms with Gasteiger partial charge < -0.3 is 10.2 Å². The van der Waals surface area contributed by atoms with Gasteiger partial charge in [0, 0.05) is 11.3 Å². The molecule has 2 heteroatoms. The Morgan fingerprint density at radius 2 is 2.21 bits per heavy atom. The summed E-state index contributed by atoms with van der Waals surface area (Å²) in [6.07, 6.45) is 1.19. The summed E-state index contributed by atoms with van der Waals surface area (Å²) in [7, 11) is 0. The molecule has 2 unspecified atom stereocenters. The fourth-order valence-corrected chi connectivity index (χ4v) is 2.04. The molecule has 14 heavy (non-hydrogen) atoms. The summed E-state index contributed by atoms with van der Waals surface area (Å²) in [5, 5.41) is 1.20. The van der Waals surface area contributed by atoms with E-state index in [0.717, 1.165) is 17.9 Å². The van der Waals surface area contributed by atoms with Crippen molar-refractivity contribution in [3.05, 3.63) is 36.1 Å². The summed E-state index contributed by atoms with van der Waals surface area (Å²) in [5.74, 6) is 2.34.